The number of thioether (sulfide) groups is 1. The van der Waals surface area contributed by atoms with Crippen LogP contribution in [0.5, 0.6) is 0 Å². The molecule has 0 aromatic carbocycles. The Hall–Kier alpha value is 0.270. The number of nitrogens with one attached hydrogen (secondary N) is 1. The van der Waals surface area contributed by atoms with Gasteiger partial charge in [-0.3, -0.25) is 0 Å². The second-order valence-corrected chi connectivity index (χ2v) is 6.08. The predicted octanol–water partition coefficient (Wildman–Crippen LogP) is 1.88. The summed E-state index contributed by atoms with van der Waals surface area (Å²) in [4.78, 5) is 0. The summed E-state index contributed by atoms with van der Waals surface area (Å²) in [5.41, 5.74) is 0.329. The SMILES string of the molecule is CC(C)(CCCO)CNC1CCSC1. The number of aliphatic hydroxyl groups excluding tert-OH is 1. The van der Waals surface area contributed by atoms with Gasteiger partial charge < -0.3 is 10.4 Å². The minimum atomic E-state index is 0.322. The van der Waals surface area contributed by atoms with Crippen LogP contribution < -0.4 is 5.32 Å². The highest BCUT2D eigenvalue weighted by Crippen LogP contribution is 2.23. The molecule has 0 spiro atoms. The van der Waals surface area contributed by atoms with Gasteiger partial charge in [-0.1, -0.05) is 13.8 Å². The minimum absolute atomic E-state index is 0.322. The van der Waals surface area contributed by atoms with Gasteiger partial charge in [0.25, 0.3) is 0 Å². The molecule has 0 bridgehead atoms. The van der Waals surface area contributed by atoms with E-state index in [0.717, 1.165) is 25.4 Å². The molecule has 1 fully saturated rings. The van der Waals surface area contributed by atoms with Crippen LogP contribution >= 0.6 is 11.8 Å². The van der Waals surface area contributed by atoms with E-state index in [-0.39, 0.29) is 0 Å². The van der Waals surface area contributed by atoms with Crippen molar-refractivity contribution in [1.82, 2.24) is 5.32 Å². The van der Waals surface area contributed by atoms with E-state index in [1.807, 2.05) is 11.8 Å². The van der Waals surface area contributed by atoms with Gasteiger partial charge >= 0.3 is 0 Å². The zero-order valence-corrected chi connectivity index (χ0v) is 10.2. The molecule has 84 valence electrons. The second-order valence-electron chi connectivity index (χ2n) is 4.93. The summed E-state index contributed by atoms with van der Waals surface area (Å²) >= 11 is 2.05. The fraction of sp³-hybridized carbons (Fsp3) is 1.00. The van der Waals surface area contributed by atoms with Crippen LogP contribution in [0.15, 0.2) is 0 Å². The van der Waals surface area contributed by atoms with E-state index >= 15 is 0 Å². The maximum absolute atomic E-state index is 8.79. The molecule has 1 aliphatic rings. The Morgan fingerprint density at radius 2 is 2.29 bits per heavy atom. The van der Waals surface area contributed by atoms with Crippen LogP contribution in [0.2, 0.25) is 0 Å². The molecule has 0 aromatic rings. The van der Waals surface area contributed by atoms with Gasteiger partial charge in [0.2, 0.25) is 0 Å². The normalized spacial score (nSPS) is 22.9. The average Bonchev–Trinajstić information content (AvgIpc) is 2.64. The maximum Gasteiger partial charge on any atom is 0.0431 e. The lowest BCUT2D eigenvalue weighted by atomic mass is 9.87. The monoisotopic (exact) mass is 217 g/mol. The third kappa shape index (κ3) is 4.67. The van der Waals surface area contributed by atoms with Crippen LogP contribution in [-0.2, 0) is 0 Å². The topological polar surface area (TPSA) is 32.3 Å². The Morgan fingerprint density at radius 1 is 1.50 bits per heavy atom. The fourth-order valence-electron chi connectivity index (χ4n) is 1.76. The summed E-state index contributed by atoms with van der Waals surface area (Å²) in [6, 6.07) is 0.730. The lowest BCUT2D eigenvalue weighted by molar-refractivity contribution is 0.233. The number of aliphatic hydroxyl groups is 1. The highest BCUT2D eigenvalue weighted by molar-refractivity contribution is 7.99. The van der Waals surface area contributed by atoms with E-state index in [2.05, 4.69) is 19.2 Å². The molecule has 0 amide bonds. The van der Waals surface area contributed by atoms with E-state index in [9.17, 15) is 0 Å². The predicted molar refractivity (Wildman–Crippen MR) is 63.8 cm³/mol. The van der Waals surface area contributed by atoms with E-state index in [0.29, 0.717) is 12.0 Å². The van der Waals surface area contributed by atoms with E-state index in [4.69, 9.17) is 5.11 Å². The van der Waals surface area contributed by atoms with Crippen molar-refractivity contribution in [2.24, 2.45) is 5.41 Å². The lowest BCUT2D eigenvalue weighted by Gasteiger charge is -2.26. The summed E-state index contributed by atoms with van der Waals surface area (Å²) in [5, 5.41) is 12.4. The Balaban J connectivity index is 2.14. The first kappa shape index (κ1) is 12.3. The van der Waals surface area contributed by atoms with Crippen LogP contribution in [-0.4, -0.2) is 35.8 Å². The van der Waals surface area contributed by atoms with Crippen molar-refractivity contribution >= 4 is 11.8 Å². The van der Waals surface area contributed by atoms with Crippen molar-refractivity contribution in [3.8, 4) is 0 Å². The molecule has 1 atom stereocenters. The molecule has 2 nitrogen and oxygen atoms in total. The molecule has 0 aromatic heterocycles. The minimum Gasteiger partial charge on any atom is -0.396 e. The third-order valence-corrected chi connectivity index (χ3v) is 3.97. The largest absolute Gasteiger partial charge is 0.396 e. The summed E-state index contributed by atoms with van der Waals surface area (Å²) in [6.45, 7) is 5.95. The van der Waals surface area contributed by atoms with E-state index in [1.54, 1.807) is 0 Å². The molecular formula is C11H23NOS. The Bertz CT molecular complexity index is 155. The maximum atomic E-state index is 8.79. The van der Waals surface area contributed by atoms with Gasteiger partial charge in [0.15, 0.2) is 0 Å². The molecule has 0 saturated carbocycles. The van der Waals surface area contributed by atoms with Gasteiger partial charge in [0.1, 0.15) is 0 Å². The van der Waals surface area contributed by atoms with Crippen LogP contribution in [0, 0.1) is 5.41 Å². The fourth-order valence-corrected chi connectivity index (χ4v) is 2.95. The van der Waals surface area contributed by atoms with Crippen LogP contribution in [0.4, 0.5) is 0 Å². The van der Waals surface area contributed by atoms with Gasteiger partial charge in [-0.15, -0.1) is 0 Å². The molecular weight excluding hydrogens is 194 g/mol. The zero-order chi connectivity index (χ0) is 10.4. The second kappa shape index (κ2) is 5.99. The number of rotatable bonds is 6. The van der Waals surface area contributed by atoms with Crippen molar-refractivity contribution in [2.45, 2.75) is 39.2 Å². The van der Waals surface area contributed by atoms with E-state index < -0.39 is 0 Å². The van der Waals surface area contributed by atoms with Crippen molar-refractivity contribution in [1.29, 1.82) is 0 Å². The van der Waals surface area contributed by atoms with Gasteiger partial charge in [0, 0.05) is 24.9 Å². The number of hydrogen-bond acceptors (Lipinski definition) is 3. The van der Waals surface area contributed by atoms with Crippen LogP contribution in [0.1, 0.15) is 33.1 Å². The van der Waals surface area contributed by atoms with Crippen molar-refractivity contribution < 1.29 is 5.11 Å². The van der Waals surface area contributed by atoms with E-state index in [1.165, 1.54) is 17.9 Å². The third-order valence-electron chi connectivity index (χ3n) is 2.81. The average molecular weight is 217 g/mol. The highest BCUT2D eigenvalue weighted by Gasteiger charge is 2.21. The molecule has 1 saturated heterocycles. The highest BCUT2D eigenvalue weighted by atomic mass is 32.2. The standard InChI is InChI=1S/C11H23NOS/c1-11(2,5-3-6-13)9-12-10-4-7-14-8-10/h10,12-13H,3-9H2,1-2H3. The Kier molecular flexibility index (Phi) is 5.28. The van der Waals surface area contributed by atoms with Crippen LogP contribution in [0.3, 0.4) is 0 Å². The molecule has 0 aliphatic carbocycles. The molecule has 1 aliphatic heterocycles. The van der Waals surface area contributed by atoms with Gasteiger partial charge in [0.05, 0.1) is 0 Å². The van der Waals surface area contributed by atoms with Gasteiger partial charge in [-0.2, -0.15) is 11.8 Å². The zero-order valence-electron chi connectivity index (χ0n) is 9.38. The molecule has 0 radical (unpaired) electrons. The summed E-state index contributed by atoms with van der Waals surface area (Å²) < 4.78 is 0. The summed E-state index contributed by atoms with van der Waals surface area (Å²) in [5.74, 6) is 2.59. The first-order chi connectivity index (χ1) is 6.64. The Morgan fingerprint density at radius 3 is 2.86 bits per heavy atom. The quantitative estimate of drug-likeness (QED) is 0.712. The first-order valence-corrected chi connectivity index (χ1v) is 6.71. The molecule has 1 heterocycles. The molecule has 3 heteroatoms. The number of hydrogen-bond donors (Lipinski definition) is 2. The van der Waals surface area contributed by atoms with Crippen LogP contribution in [0.25, 0.3) is 0 Å². The summed E-state index contributed by atoms with van der Waals surface area (Å²) in [7, 11) is 0. The molecule has 1 rings (SSSR count). The van der Waals surface area contributed by atoms with Gasteiger partial charge in [-0.05, 0) is 30.4 Å². The van der Waals surface area contributed by atoms with Crippen molar-refractivity contribution in [2.75, 3.05) is 24.7 Å². The molecule has 1 unspecified atom stereocenters. The van der Waals surface area contributed by atoms with Crippen molar-refractivity contribution in [3.63, 3.8) is 0 Å². The Labute approximate surface area is 91.9 Å². The lowest BCUT2D eigenvalue weighted by Crippen LogP contribution is -2.37. The van der Waals surface area contributed by atoms with Crippen molar-refractivity contribution in [3.05, 3.63) is 0 Å². The molecule has 14 heavy (non-hydrogen) atoms. The molecule has 2 N–H and O–H groups in total. The smallest absolute Gasteiger partial charge is 0.0431 e. The summed E-state index contributed by atoms with van der Waals surface area (Å²) in [6.07, 6.45) is 3.35. The van der Waals surface area contributed by atoms with Gasteiger partial charge in [-0.25, -0.2) is 0 Å². The first-order valence-electron chi connectivity index (χ1n) is 5.56.